The third kappa shape index (κ3) is 4.33. The molecule has 0 bridgehead atoms. The maximum absolute atomic E-state index is 12.8. The van der Waals surface area contributed by atoms with E-state index in [1.165, 1.54) is 5.56 Å². The molecule has 1 heterocycles. The first-order chi connectivity index (χ1) is 12.7. The largest absolute Gasteiger partial charge is 0.492 e. The standard InChI is InChI=1S/C22H24N2O2/c1-3-26-21-12-5-4-11-19(21)23-22(25)16-20(24-13-6-7-14-24)18-10-8-9-17(2)15-18/h4-15,20H,3,16H2,1-2H3,(H,23,25). The van der Waals surface area contributed by atoms with Gasteiger partial charge in [0.15, 0.2) is 0 Å². The van der Waals surface area contributed by atoms with Crippen LogP contribution in [0.15, 0.2) is 73.1 Å². The molecule has 4 heteroatoms. The highest BCUT2D eigenvalue weighted by Gasteiger charge is 2.18. The lowest BCUT2D eigenvalue weighted by atomic mass is 10.0. The summed E-state index contributed by atoms with van der Waals surface area (Å²) < 4.78 is 7.67. The molecule has 1 unspecified atom stereocenters. The molecule has 3 aromatic rings. The molecule has 4 nitrogen and oxygen atoms in total. The van der Waals surface area contributed by atoms with E-state index in [1.54, 1.807) is 0 Å². The van der Waals surface area contributed by atoms with E-state index in [2.05, 4.69) is 35.0 Å². The minimum Gasteiger partial charge on any atom is -0.492 e. The lowest BCUT2D eigenvalue weighted by Gasteiger charge is -2.20. The highest BCUT2D eigenvalue weighted by atomic mass is 16.5. The van der Waals surface area contributed by atoms with Crippen molar-refractivity contribution in [3.63, 3.8) is 0 Å². The van der Waals surface area contributed by atoms with Crippen LogP contribution in [0.5, 0.6) is 5.75 Å². The summed E-state index contributed by atoms with van der Waals surface area (Å²) in [6.07, 6.45) is 4.33. The summed E-state index contributed by atoms with van der Waals surface area (Å²) in [5, 5.41) is 2.99. The predicted octanol–water partition coefficient (Wildman–Crippen LogP) is 4.81. The average molecular weight is 348 g/mol. The van der Waals surface area contributed by atoms with Crippen molar-refractivity contribution >= 4 is 11.6 Å². The van der Waals surface area contributed by atoms with Crippen molar-refractivity contribution in [2.75, 3.05) is 11.9 Å². The number of carbonyl (C=O) groups excluding carboxylic acids is 1. The van der Waals surface area contributed by atoms with Crippen LogP contribution in [0.25, 0.3) is 0 Å². The number of aromatic nitrogens is 1. The fourth-order valence-corrected chi connectivity index (χ4v) is 3.06. The van der Waals surface area contributed by atoms with Crippen LogP contribution in [0, 0.1) is 6.92 Å². The minimum atomic E-state index is -0.0517. The molecule has 0 aliphatic rings. The van der Waals surface area contributed by atoms with Crippen molar-refractivity contribution < 1.29 is 9.53 Å². The SMILES string of the molecule is CCOc1ccccc1NC(=O)CC(c1cccc(C)c1)n1cccc1. The van der Waals surface area contributed by atoms with Crippen molar-refractivity contribution in [2.45, 2.75) is 26.3 Å². The van der Waals surface area contributed by atoms with E-state index in [9.17, 15) is 4.79 Å². The minimum absolute atomic E-state index is 0.0441. The molecule has 26 heavy (non-hydrogen) atoms. The van der Waals surface area contributed by atoms with Crippen LogP contribution in [0.2, 0.25) is 0 Å². The van der Waals surface area contributed by atoms with E-state index in [-0.39, 0.29) is 11.9 Å². The number of benzene rings is 2. The number of anilines is 1. The molecule has 0 fully saturated rings. The molecule has 1 amide bonds. The second-order valence-corrected chi connectivity index (χ2v) is 6.24. The van der Waals surface area contributed by atoms with Crippen LogP contribution in [0.4, 0.5) is 5.69 Å². The highest BCUT2D eigenvalue weighted by molar-refractivity contribution is 5.92. The Morgan fingerprint density at radius 2 is 1.85 bits per heavy atom. The predicted molar refractivity (Wildman–Crippen MR) is 105 cm³/mol. The summed E-state index contributed by atoms with van der Waals surface area (Å²) >= 11 is 0. The first kappa shape index (κ1) is 17.8. The fraction of sp³-hybridized carbons (Fsp3) is 0.227. The quantitative estimate of drug-likeness (QED) is 0.665. The summed E-state index contributed by atoms with van der Waals surface area (Å²) in [5.74, 6) is 0.647. The molecule has 3 rings (SSSR count). The van der Waals surface area contributed by atoms with E-state index in [4.69, 9.17) is 4.74 Å². The Morgan fingerprint density at radius 3 is 2.58 bits per heavy atom. The van der Waals surface area contributed by atoms with Gasteiger partial charge in [-0.2, -0.15) is 0 Å². The summed E-state index contributed by atoms with van der Waals surface area (Å²) in [6, 6.07) is 19.7. The number of carbonyl (C=O) groups is 1. The first-order valence-corrected chi connectivity index (χ1v) is 8.88. The Morgan fingerprint density at radius 1 is 1.08 bits per heavy atom. The number of nitrogens with zero attached hydrogens (tertiary/aromatic N) is 1. The second-order valence-electron chi connectivity index (χ2n) is 6.24. The van der Waals surface area contributed by atoms with E-state index in [0.717, 1.165) is 5.56 Å². The number of ether oxygens (including phenoxy) is 1. The van der Waals surface area contributed by atoms with Crippen molar-refractivity contribution in [2.24, 2.45) is 0 Å². The summed E-state index contributed by atoms with van der Waals surface area (Å²) in [5.41, 5.74) is 3.01. The van der Waals surface area contributed by atoms with Gasteiger partial charge in [0.2, 0.25) is 5.91 Å². The molecule has 0 aliphatic heterocycles. The Kier molecular flexibility index (Phi) is 5.74. The number of hydrogen-bond acceptors (Lipinski definition) is 2. The molecule has 2 aromatic carbocycles. The molecular formula is C22H24N2O2. The second kappa shape index (κ2) is 8.39. The maximum Gasteiger partial charge on any atom is 0.226 e. The molecule has 0 saturated heterocycles. The molecule has 134 valence electrons. The van der Waals surface area contributed by atoms with Gasteiger partial charge in [-0.1, -0.05) is 42.0 Å². The fourth-order valence-electron chi connectivity index (χ4n) is 3.06. The number of aryl methyl sites for hydroxylation is 1. The zero-order valence-corrected chi connectivity index (χ0v) is 15.2. The lowest BCUT2D eigenvalue weighted by Crippen LogP contribution is -2.20. The molecule has 1 aromatic heterocycles. The van der Waals surface area contributed by atoms with Gasteiger partial charge in [0, 0.05) is 12.4 Å². The number of rotatable bonds is 7. The highest BCUT2D eigenvalue weighted by Crippen LogP contribution is 2.27. The molecule has 0 aliphatic carbocycles. The summed E-state index contributed by atoms with van der Waals surface area (Å²) in [4.78, 5) is 12.8. The van der Waals surface area contributed by atoms with Crippen molar-refractivity contribution in [1.82, 2.24) is 4.57 Å². The molecule has 1 atom stereocenters. The zero-order chi connectivity index (χ0) is 18.4. The van der Waals surface area contributed by atoms with Gasteiger partial charge in [0.05, 0.1) is 24.8 Å². The Hall–Kier alpha value is -3.01. The average Bonchev–Trinajstić information content (AvgIpc) is 3.16. The third-order valence-electron chi connectivity index (χ3n) is 4.25. The summed E-state index contributed by atoms with van der Waals surface area (Å²) in [7, 11) is 0. The molecule has 0 spiro atoms. The Labute approximate surface area is 154 Å². The molecule has 0 saturated carbocycles. The van der Waals surface area contributed by atoms with Crippen LogP contribution in [-0.4, -0.2) is 17.1 Å². The summed E-state index contributed by atoms with van der Waals surface area (Å²) in [6.45, 7) is 4.55. The van der Waals surface area contributed by atoms with E-state index in [1.807, 2.05) is 61.8 Å². The first-order valence-electron chi connectivity index (χ1n) is 8.88. The number of nitrogens with one attached hydrogen (secondary N) is 1. The Balaban J connectivity index is 1.80. The van der Waals surface area contributed by atoms with Gasteiger partial charge in [-0.15, -0.1) is 0 Å². The van der Waals surface area contributed by atoms with E-state index < -0.39 is 0 Å². The van der Waals surface area contributed by atoms with Crippen LogP contribution in [-0.2, 0) is 4.79 Å². The molecule has 1 N–H and O–H groups in total. The maximum atomic E-state index is 12.8. The van der Waals surface area contributed by atoms with Gasteiger partial charge in [-0.3, -0.25) is 4.79 Å². The van der Waals surface area contributed by atoms with Crippen molar-refractivity contribution in [3.8, 4) is 5.75 Å². The number of hydrogen-bond donors (Lipinski definition) is 1. The van der Waals surface area contributed by atoms with Crippen molar-refractivity contribution in [1.29, 1.82) is 0 Å². The van der Waals surface area contributed by atoms with E-state index in [0.29, 0.717) is 24.5 Å². The van der Waals surface area contributed by atoms with Gasteiger partial charge >= 0.3 is 0 Å². The molecular weight excluding hydrogens is 324 g/mol. The smallest absolute Gasteiger partial charge is 0.226 e. The van der Waals surface area contributed by atoms with Crippen LogP contribution in [0.1, 0.15) is 30.5 Å². The van der Waals surface area contributed by atoms with Gasteiger partial charge in [-0.25, -0.2) is 0 Å². The zero-order valence-electron chi connectivity index (χ0n) is 15.2. The van der Waals surface area contributed by atoms with Crippen LogP contribution in [0.3, 0.4) is 0 Å². The molecule has 0 radical (unpaired) electrons. The van der Waals surface area contributed by atoms with Gasteiger partial charge < -0.3 is 14.6 Å². The number of amides is 1. The normalized spacial score (nSPS) is 11.8. The topological polar surface area (TPSA) is 43.3 Å². The monoisotopic (exact) mass is 348 g/mol. The Bertz CT molecular complexity index is 856. The van der Waals surface area contributed by atoms with Crippen LogP contribution < -0.4 is 10.1 Å². The number of para-hydroxylation sites is 2. The van der Waals surface area contributed by atoms with Crippen molar-refractivity contribution in [3.05, 3.63) is 84.2 Å². The van der Waals surface area contributed by atoms with E-state index >= 15 is 0 Å². The van der Waals surface area contributed by atoms with Crippen LogP contribution >= 0.6 is 0 Å². The third-order valence-corrected chi connectivity index (χ3v) is 4.25. The lowest BCUT2D eigenvalue weighted by molar-refractivity contribution is -0.116. The van der Waals surface area contributed by atoms with Gasteiger partial charge in [0.25, 0.3) is 0 Å². The van der Waals surface area contributed by atoms with Gasteiger partial charge in [-0.05, 0) is 43.7 Å². The van der Waals surface area contributed by atoms with Gasteiger partial charge in [0.1, 0.15) is 5.75 Å².